The Morgan fingerprint density at radius 2 is 1.29 bits per heavy atom. The van der Waals surface area contributed by atoms with Crippen LogP contribution in [0, 0.1) is 11.3 Å². The molecule has 1 aliphatic rings. The average molecular weight is 335 g/mol. The van der Waals surface area contributed by atoms with Crippen molar-refractivity contribution in [2.24, 2.45) is 11.3 Å². The molecule has 0 N–H and O–H groups in total. The van der Waals surface area contributed by atoms with Gasteiger partial charge in [-0.15, -0.1) is 0 Å². The molecule has 24 heavy (non-hydrogen) atoms. The van der Waals surface area contributed by atoms with Crippen molar-refractivity contribution in [1.82, 2.24) is 0 Å². The maximum absolute atomic E-state index is 2.41. The summed E-state index contributed by atoms with van der Waals surface area (Å²) in [6.45, 7) is 7.22. The van der Waals surface area contributed by atoms with E-state index in [-0.39, 0.29) is 0 Å². The molecular weight excluding hydrogens is 304 g/mol. The first-order chi connectivity index (χ1) is 11.5. The van der Waals surface area contributed by atoms with Crippen molar-refractivity contribution < 1.29 is 0 Å². The molecule has 0 heterocycles. The van der Waals surface area contributed by atoms with E-state index in [4.69, 9.17) is 0 Å². The van der Waals surface area contributed by atoms with E-state index in [1.165, 1.54) is 19.3 Å². The minimum absolute atomic E-state index is 0.377. The SMILES string of the molecule is CC(C)(C)CC(C1CC=CC1)[SiH](c1ccccc1)c1ccccc1. The quantitative estimate of drug-likeness (QED) is 0.544. The second-order valence-corrected chi connectivity index (χ2v) is 11.6. The fourth-order valence-electron chi connectivity index (χ4n) is 4.26. The summed E-state index contributed by atoms with van der Waals surface area (Å²) in [5.74, 6) is 0.821. The van der Waals surface area contributed by atoms with Gasteiger partial charge in [0.25, 0.3) is 0 Å². The molecule has 0 bridgehead atoms. The van der Waals surface area contributed by atoms with Gasteiger partial charge >= 0.3 is 0 Å². The maximum atomic E-state index is 2.41. The Balaban J connectivity index is 2.03. The van der Waals surface area contributed by atoms with Crippen molar-refractivity contribution in [3.63, 3.8) is 0 Å². The lowest BCUT2D eigenvalue weighted by Crippen LogP contribution is -2.48. The first kappa shape index (κ1) is 17.2. The Labute approximate surface area is 149 Å². The maximum Gasteiger partial charge on any atom is 0.106 e. The van der Waals surface area contributed by atoms with E-state index in [1.807, 2.05) is 0 Å². The molecule has 1 heteroatoms. The highest BCUT2D eigenvalue weighted by molar-refractivity contribution is 6.86. The number of benzene rings is 2. The van der Waals surface area contributed by atoms with Gasteiger partial charge in [0.1, 0.15) is 8.80 Å². The Morgan fingerprint density at radius 1 is 0.833 bits per heavy atom. The Hall–Kier alpha value is -1.60. The summed E-state index contributed by atoms with van der Waals surface area (Å²) in [5.41, 5.74) is 1.19. The summed E-state index contributed by atoms with van der Waals surface area (Å²) in [5, 5.41) is 3.20. The van der Waals surface area contributed by atoms with Crippen LogP contribution in [-0.4, -0.2) is 8.80 Å². The lowest BCUT2D eigenvalue weighted by atomic mass is 9.85. The van der Waals surface area contributed by atoms with Crippen LogP contribution in [0.25, 0.3) is 0 Å². The van der Waals surface area contributed by atoms with E-state index in [0.717, 1.165) is 11.5 Å². The van der Waals surface area contributed by atoms with Gasteiger partial charge in [0.2, 0.25) is 0 Å². The zero-order valence-electron chi connectivity index (χ0n) is 15.3. The molecule has 0 radical (unpaired) electrons. The van der Waals surface area contributed by atoms with Crippen molar-refractivity contribution in [1.29, 1.82) is 0 Å². The van der Waals surface area contributed by atoms with E-state index in [1.54, 1.807) is 10.4 Å². The van der Waals surface area contributed by atoms with Crippen LogP contribution in [0.15, 0.2) is 72.8 Å². The van der Waals surface area contributed by atoms with Gasteiger partial charge in [-0.3, -0.25) is 0 Å². The van der Waals surface area contributed by atoms with Crippen molar-refractivity contribution in [2.75, 3.05) is 0 Å². The van der Waals surface area contributed by atoms with Crippen molar-refractivity contribution in [3.8, 4) is 0 Å². The third kappa shape index (κ3) is 4.27. The molecule has 3 rings (SSSR count). The largest absolute Gasteiger partial charge is 0.106 e. The molecule has 2 aromatic rings. The smallest absolute Gasteiger partial charge is 0.0882 e. The van der Waals surface area contributed by atoms with E-state index < -0.39 is 8.80 Å². The van der Waals surface area contributed by atoms with Crippen LogP contribution in [0.3, 0.4) is 0 Å². The Bertz CT molecular complexity index is 604. The van der Waals surface area contributed by atoms with Gasteiger partial charge in [0.15, 0.2) is 0 Å². The van der Waals surface area contributed by atoms with Gasteiger partial charge in [-0.1, -0.05) is 104 Å². The molecular formula is C23H30Si. The summed E-state index contributed by atoms with van der Waals surface area (Å²) in [6.07, 6.45) is 8.66. The third-order valence-electron chi connectivity index (χ3n) is 5.24. The highest BCUT2D eigenvalue weighted by Gasteiger charge is 2.35. The first-order valence-corrected chi connectivity index (χ1v) is 11.1. The summed E-state index contributed by atoms with van der Waals surface area (Å²) in [6, 6.07) is 22.7. The summed E-state index contributed by atoms with van der Waals surface area (Å²) < 4.78 is 0. The highest BCUT2D eigenvalue weighted by Crippen LogP contribution is 2.40. The molecule has 0 fully saturated rings. The van der Waals surface area contributed by atoms with Crippen LogP contribution >= 0.6 is 0 Å². The van der Waals surface area contributed by atoms with Crippen LogP contribution in [-0.2, 0) is 0 Å². The van der Waals surface area contributed by atoms with Crippen molar-refractivity contribution >= 4 is 19.2 Å². The molecule has 0 amide bonds. The molecule has 0 saturated carbocycles. The predicted octanol–water partition coefficient (Wildman–Crippen LogP) is 4.80. The molecule has 0 aliphatic heterocycles. The van der Waals surface area contributed by atoms with E-state index in [2.05, 4.69) is 93.6 Å². The molecule has 0 spiro atoms. The fraction of sp³-hybridized carbons (Fsp3) is 0.391. The molecule has 1 atom stereocenters. The Morgan fingerprint density at radius 3 is 1.71 bits per heavy atom. The number of rotatable bonds is 5. The van der Waals surface area contributed by atoms with E-state index >= 15 is 0 Å². The minimum Gasteiger partial charge on any atom is -0.0882 e. The average Bonchev–Trinajstić information content (AvgIpc) is 3.09. The summed E-state index contributed by atoms with van der Waals surface area (Å²) in [4.78, 5) is 0. The van der Waals surface area contributed by atoms with Crippen LogP contribution in [0.1, 0.15) is 40.0 Å². The predicted molar refractivity (Wildman–Crippen MR) is 109 cm³/mol. The zero-order valence-corrected chi connectivity index (χ0v) is 16.4. The van der Waals surface area contributed by atoms with Gasteiger partial charge in [-0.2, -0.15) is 0 Å². The monoisotopic (exact) mass is 334 g/mol. The number of hydrogen-bond acceptors (Lipinski definition) is 0. The second kappa shape index (κ2) is 7.52. The van der Waals surface area contributed by atoms with Gasteiger partial charge in [0.05, 0.1) is 0 Å². The topological polar surface area (TPSA) is 0 Å². The number of allylic oxidation sites excluding steroid dienone is 2. The van der Waals surface area contributed by atoms with Gasteiger partial charge < -0.3 is 0 Å². The van der Waals surface area contributed by atoms with Gasteiger partial charge in [-0.25, -0.2) is 0 Å². The molecule has 1 aliphatic carbocycles. The molecule has 0 saturated heterocycles. The van der Waals surface area contributed by atoms with Crippen molar-refractivity contribution in [3.05, 3.63) is 72.8 Å². The van der Waals surface area contributed by atoms with Gasteiger partial charge in [0, 0.05) is 0 Å². The van der Waals surface area contributed by atoms with Crippen LogP contribution in [0.5, 0.6) is 0 Å². The normalized spacial score (nSPS) is 16.7. The van der Waals surface area contributed by atoms with Crippen LogP contribution in [0.4, 0.5) is 0 Å². The van der Waals surface area contributed by atoms with Crippen LogP contribution < -0.4 is 10.4 Å². The van der Waals surface area contributed by atoms with Crippen molar-refractivity contribution in [2.45, 2.75) is 45.6 Å². The highest BCUT2D eigenvalue weighted by atomic mass is 28.3. The molecule has 126 valence electrons. The van der Waals surface area contributed by atoms with E-state index in [0.29, 0.717) is 5.41 Å². The summed E-state index contributed by atoms with van der Waals surface area (Å²) >= 11 is 0. The molecule has 2 aromatic carbocycles. The zero-order chi connectivity index (χ0) is 17.0. The third-order valence-corrected chi connectivity index (χ3v) is 9.09. The Kier molecular flexibility index (Phi) is 5.40. The fourth-order valence-corrected chi connectivity index (χ4v) is 8.71. The summed E-state index contributed by atoms with van der Waals surface area (Å²) in [7, 11) is -1.26. The lowest BCUT2D eigenvalue weighted by Gasteiger charge is -2.36. The lowest BCUT2D eigenvalue weighted by molar-refractivity contribution is 0.325. The molecule has 0 nitrogen and oxygen atoms in total. The molecule has 1 unspecified atom stereocenters. The number of hydrogen-bond donors (Lipinski definition) is 0. The van der Waals surface area contributed by atoms with E-state index in [9.17, 15) is 0 Å². The minimum atomic E-state index is -1.26. The van der Waals surface area contributed by atoms with Crippen LogP contribution in [0.2, 0.25) is 5.54 Å². The first-order valence-electron chi connectivity index (χ1n) is 9.29. The standard InChI is InChI=1S/C23H30Si/c1-23(2,3)18-22(19-12-10-11-13-19)24(20-14-6-4-7-15-20)21-16-8-5-9-17-21/h4-11,14-17,19,22,24H,12-13,18H2,1-3H3. The van der Waals surface area contributed by atoms with Gasteiger partial charge in [-0.05, 0) is 36.1 Å². The molecule has 0 aromatic heterocycles. The second-order valence-electron chi connectivity index (χ2n) is 8.43.